The van der Waals surface area contributed by atoms with Gasteiger partial charge in [0.1, 0.15) is 0 Å². The van der Waals surface area contributed by atoms with Gasteiger partial charge in [-0.25, -0.2) is 4.79 Å². The van der Waals surface area contributed by atoms with Crippen molar-refractivity contribution in [2.45, 2.75) is 32.7 Å². The molecule has 0 saturated carbocycles. The van der Waals surface area contributed by atoms with Crippen LogP contribution in [0.1, 0.15) is 37.0 Å². The van der Waals surface area contributed by atoms with Crippen molar-refractivity contribution in [1.82, 2.24) is 10.6 Å². The summed E-state index contributed by atoms with van der Waals surface area (Å²) in [6.07, 6.45) is 0.839. The first-order valence-corrected chi connectivity index (χ1v) is 9.24. The average molecular weight is 382 g/mol. The van der Waals surface area contributed by atoms with Gasteiger partial charge >= 0.3 is 6.03 Å². The zero-order valence-corrected chi connectivity index (χ0v) is 16.1. The van der Waals surface area contributed by atoms with Gasteiger partial charge in [-0.15, -0.1) is 0 Å². The zero-order valence-electron chi connectivity index (χ0n) is 16.1. The smallest absolute Gasteiger partial charge is 0.319 e. The Morgan fingerprint density at radius 2 is 1.46 bits per heavy atom. The number of amides is 4. The maximum Gasteiger partial charge on any atom is 0.319 e. The number of carbonyl (C=O) groups is 3. The molecule has 7 heteroatoms. The van der Waals surface area contributed by atoms with Crippen molar-refractivity contribution in [1.29, 1.82) is 0 Å². The van der Waals surface area contributed by atoms with E-state index in [0.29, 0.717) is 36.3 Å². The van der Waals surface area contributed by atoms with E-state index >= 15 is 0 Å². The van der Waals surface area contributed by atoms with Gasteiger partial charge in [0.25, 0.3) is 5.91 Å². The molecular formula is C21H26N4O3. The van der Waals surface area contributed by atoms with E-state index in [4.69, 9.17) is 0 Å². The highest BCUT2D eigenvalue weighted by Gasteiger charge is 2.07. The van der Waals surface area contributed by atoms with E-state index in [-0.39, 0.29) is 23.9 Å². The first-order valence-electron chi connectivity index (χ1n) is 9.24. The Morgan fingerprint density at radius 3 is 2.07 bits per heavy atom. The topological polar surface area (TPSA) is 99.3 Å². The molecule has 2 aromatic rings. The minimum atomic E-state index is -0.274. The fraction of sp³-hybridized carbons (Fsp3) is 0.286. The molecule has 28 heavy (non-hydrogen) atoms. The SMILES string of the molecule is CC(C)NC(=O)Nc1ccc(NC(=O)CCCNC(=O)c2ccccc2)cc1. The van der Waals surface area contributed by atoms with Crippen LogP contribution >= 0.6 is 0 Å². The van der Waals surface area contributed by atoms with Crippen molar-refractivity contribution in [3.05, 3.63) is 60.2 Å². The van der Waals surface area contributed by atoms with Crippen LogP contribution in [0.2, 0.25) is 0 Å². The molecule has 0 atom stereocenters. The molecule has 0 aromatic heterocycles. The molecule has 2 aromatic carbocycles. The molecule has 0 heterocycles. The Balaban J connectivity index is 1.68. The van der Waals surface area contributed by atoms with Gasteiger partial charge in [-0.3, -0.25) is 9.59 Å². The van der Waals surface area contributed by atoms with Crippen LogP contribution in [0.4, 0.5) is 16.2 Å². The number of benzene rings is 2. The number of carbonyl (C=O) groups excluding carboxylic acids is 3. The van der Waals surface area contributed by atoms with Crippen LogP contribution in [0.3, 0.4) is 0 Å². The molecule has 148 valence electrons. The monoisotopic (exact) mass is 382 g/mol. The summed E-state index contributed by atoms with van der Waals surface area (Å²) in [6.45, 7) is 4.19. The third kappa shape index (κ3) is 7.49. The minimum Gasteiger partial charge on any atom is -0.352 e. The van der Waals surface area contributed by atoms with E-state index in [1.54, 1.807) is 48.5 Å². The highest BCUT2D eigenvalue weighted by Crippen LogP contribution is 2.14. The average Bonchev–Trinajstić information content (AvgIpc) is 2.66. The summed E-state index contributed by atoms with van der Waals surface area (Å²) in [5.41, 5.74) is 1.88. The number of anilines is 2. The molecule has 7 nitrogen and oxygen atoms in total. The molecule has 0 radical (unpaired) electrons. The van der Waals surface area contributed by atoms with Crippen molar-refractivity contribution in [2.75, 3.05) is 17.2 Å². The Morgan fingerprint density at radius 1 is 0.857 bits per heavy atom. The van der Waals surface area contributed by atoms with Crippen molar-refractivity contribution < 1.29 is 14.4 Å². The van der Waals surface area contributed by atoms with Gasteiger partial charge in [0, 0.05) is 35.9 Å². The van der Waals surface area contributed by atoms with Crippen LogP contribution in [-0.4, -0.2) is 30.4 Å². The van der Waals surface area contributed by atoms with E-state index < -0.39 is 0 Å². The van der Waals surface area contributed by atoms with Crippen molar-refractivity contribution in [3.63, 3.8) is 0 Å². The van der Waals surface area contributed by atoms with Crippen molar-refractivity contribution >= 4 is 29.2 Å². The number of hydrogen-bond acceptors (Lipinski definition) is 3. The molecular weight excluding hydrogens is 356 g/mol. The van der Waals surface area contributed by atoms with Crippen molar-refractivity contribution in [3.8, 4) is 0 Å². The molecule has 0 fully saturated rings. The molecule has 2 rings (SSSR count). The highest BCUT2D eigenvalue weighted by molar-refractivity contribution is 5.94. The summed E-state index contributed by atoms with van der Waals surface area (Å²) in [4.78, 5) is 35.6. The van der Waals surface area contributed by atoms with E-state index in [1.165, 1.54) is 0 Å². The molecule has 4 amide bonds. The van der Waals surface area contributed by atoms with Gasteiger partial charge in [-0.05, 0) is 56.7 Å². The first-order chi connectivity index (χ1) is 13.4. The van der Waals surface area contributed by atoms with Crippen LogP contribution < -0.4 is 21.3 Å². The largest absolute Gasteiger partial charge is 0.352 e. The van der Waals surface area contributed by atoms with Crippen LogP contribution in [-0.2, 0) is 4.79 Å². The maximum absolute atomic E-state index is 12.0. The second kappa shape index (κ2) is 10.7. The fourth-order valence-electron chi connectivity index (χ4n) is 2.43. The summed E-state index contributed by atoms with van der Waals surface area (Å²) in [6, 6.07) is 15.6. The molecule has 4 N–H and O–H groups in total. The predicted octanol–water partition coefficient (Wildman–Crippen LogP) is 3.37. The van der Waals surface area contributed by atoms with Gasteiger partial charge < -0.3 is 21.3 Å². The molecule has 0 unspecified atom stereocenters. The van der Waals surface area contributed by atoms with Gasteiger partial charge in [-0.1, -0.05) is 18.2 Å². The molecule has 0 saturated heterocycles. The normalized spacial score (nSPS) is 10.2. The van der Waals surface area contributed by atoms with E-state index in [9.17, 15) is 14.4 Å². The van der Waals surface area contributed by atoms with E-state index in [2.05, 4.69) is 21.3 Å². The zero-order chi connectivity index (χ0) is 20.4. The first kappa shape index (κ1) is 21.0. The second-order valence-electron chi connectivity index (χ2n) is 6.60. The number of nitrogens with one attached hydrogen (secondary N) is 4. The van der Waals surface area contributed by atoms with Gasteiger partial charge in [0.15, 0.2) is 0 Å². The van der Waals surface area contributed by atoms with Crippen LogP contribution in [0, 0.1) is 0 Å². The lowest BCUT2D eigenvalue weighted by Gasteiger charge is -2.11. The quantitative estimate of drug-likeness (QED) is 0.527. The number of rotatable bonds is 8. The summed E-state index contributed by atoms with van der Waals surface area (Å²) in [7, 11) is 0. The van der Waals surface area contributed by atoms with Gasteiger partial charge in [0.2, 0.25) is 5.91 Å². The van der Waals surface area contributed by atoms with Gasteiger partial charge in [-0.2, -0.15) is 0 Å². The molecule has 0 aliphatic carbocycles. The molecule has 0 aliphatic rings. The predicted molar refractivity (Wildman–Crippen MR) is 110 cm³/mol. The Hall–Kier alpha value is -3.35. The molecule has 0 aliphatic heterocycles. The van der Waals surface area contributed by atoms with E-state index in [0.717, 1.165) is 0 Å². The lowest BCUT2D eigenvalue weighted by Crippen LogP contribution is -2.34. The third-order valence-electron chi connectivity index (χ3n) is 3.75. The Bertz CT molecular complexity index is 789. The molecule has 0 spiro atoms. The highest BCUT2D eigenvalue weighted by atomic mass is 16.2. The Kier molecular flexibility index (Phi) is 8.02. The lowest BCUT2D eigenvalue weighted by atomic mass is 10.2. The minimum absolute atomic E-state index is 0.0519. The summed E-state index contributed by atoms with van der Waals surface area (Å²) >= 11 is 0. The summed E-state index contributed by atoms with van der Waals surface area (Å²) in [5.74, 6) is -0.280. The Labute approximate surface area is 164 Å². The number of urea groups is 1. The fourth-order valence-corrected chi connectivity index (χ4v) is 2.43. The second-order valence-corrected chi connectivity index (χ2v) is 6.60. The maximum atomic E-state index is 12.0. The van der Waals surface area contributed by atoms with Crippen LogP contribution in [0.5, 0.6) is 0 Å². The van der Waals surface area contributed by atoms with Gasteiger partial charge in [0.05, 0.1) is 0 Å². The summed E-state index contributed by atoms with van der Waals surface area (Å²) in [5, 5.41) is 11.0. The summed E-state index contributed by atoms with van der Waals surface area (Å²) < 4.78 is 0. The van der Waals surface area contributed by atoms with E-state index in [1.807, 2.05) is 19.9 Å². The van der Waals surface area contributed by atoms with Crippen LogP contribution in [0.15, 0.2) is 54.6 Å². The third-order valence-corrected chi connectivity index (χ3v) is 3.75. The lowest BCUT2D eigenvalue weighted by molar-refractivity contribution is -0.116. The standard InChI is InChI=1S/C21H26N4O3/c1-15(2)23-21(28)25-18-12-10-17(11-13-18)24-19(26)9-6-14-22-20(27)16-7-4-3-5-8-16/h3-5,7-8,10-13,15H,6,9,14H2,1-2H3,(H,22,27)(H,24,26)(H2,23,25,28). The number of hydrogen-bond donors (Lipinski definition) is 4. The van der Waals surface area contributed by atoms with Crippen molar-refractivity contribution in [2.24, 2.45) is 0 Å². The van der Waals surface area contributed by atoms with Crippen LogP contribution in [0.25, 0.3) is 0 Å². The molecule has 0 bridgehead atoms.